The van der Waals surface area contributed by atoms with Crippen molar-refractivity contribution in [2.75, 3.05) is 5.75 Å². The van der Waals surface area contributed by atoms with Crippen LogP contribution in [0, 0.1) is 6.92 Å². The molecule has 0 aliphatic carbocycles. The zero-order valence-corrected chi connectivity index (χ0v) is 12.0. The van der Waals surface area contributed by atoms with Gasteiger partial charge in [-0.3, -0.25) is 14.6 Å². The van der Waals surface area contributed by atoms with E-state index in [1.165, 1.54) is 11.8 Å². The second-order valence-corrected chi connectivity index (χ2v) is 5.47. The van der Waals surface area contributed by atoms with Crippen molar-refractivity contribution < 1.29 is 4.79 Å². The van der Waals surface area contributed by atoms with Gasteiger partial charge in [0, 0.05) is 22.7 Å². The predicted octanol–water partition coefficient (Wildman–Crippen LogP) is 1.93. The Morgan fingerprint density at radius 2 is 2.10 bits per heavy atom. The van der Waals surface area contributed by atoms with Crippen LogP contribution in [-0.2, 0) is 0 Å². The number of fused-ring (bicyclic) bond motifs is 1. The van der Waals surface area contributed by atoms with Crippen molar-refractivity contribution in [3.63, 3.8) is 0 Å². The number of para-hydroxylation sites is 1. The Hall–Kier alpha value is -2.41. The van der Waals surface area contributed by atoms with Gasteiger partial charge in [-0.1, -0.05) is 30.0 Å². The van der Waals surface area contributed by atoms with Crippen molar-refractivity contribution in [1.82, 2.24) is 20.2 Å². The maximum Gasteiger partial charge on any atom is 0.273 e. The highest BCUT2D eigenvalue weighted by atomic mass is 32.2. The lowest BCUT2D eigenvalue weighted by atomic mass is 10.1. The molecule has 2 heterocycles. The SMILES string of the molecule is Cc1nnc(SCC(=O)c2c[nH]c3ccccc23)[nH]c1=O. The van der Waals surface area contributed by atoms with E-state index in [1.807, 2.05) is 24.3 Å². The van der Waals surface area contributed by atoms with Gasteiger partial charge in [-0.2, -0.15) is 0 Å². The Labute approximate surface area is 124 Å². The van der Waals surface area contributed by atoms with Crippen molar-refractivity contribution in [3.8, 4) is 0 Å². The minimum Gasteiger partial charge on any atom is -0.360 e. The van der Waals surface area contributed by atoms with Crippen LogP contribution < -0.4 is 5.56 Å². The number of carbonyl (C=O) groups is 1. The summed E-state index contributed by atoms with van der Waals surface area (Å²) in [5.41, 5.74) is 1.59. The van der Waals surface area contributed by atoms with E-state index in [0.717, 1.165) is 10.9 Å². The summed E-state index contributed by atoms with van der Waals surface area (Å²) in [5, 5.41) is 8.83. The Bertz CT molecular complexity index is 869. The fraction of sp³-hybridized carbons (Fsp3) is 0.143. The molecule has 0 spiro atoms. The molecule has 0 radical (unpaired) electrons. The van der Waals surface area contributed by atoms with Crippen LogP contribution in [0.2, 0.25) is 0 Å². The Kier molecular flexibility index (Phi) is 3.57. The molecule has 3 rings (SSSR count). The average molecular weight is 300 g/mol. The molecular weight excluding hydrogens is 288 g/mol. The molecular formula is C14H12N4O2S. The number of Topliss-reactive ketones (excluding diaryl/α,β-unsaturated/α-hetero) is 1. The minimum absolute atomic E-state index is 0.0272. The number of nitrogens with zero attached hydrogens (tertiary/aromatic N) is 2. The first-order valence-corrected chi connectivity index (χ1v) is 7.29. The van der Waals surface area contributed by atoms with Crippen molar-refractivity contribution in [2.45, 2.75) is 12.1 Å². The zero-order chi connectivity index (χ0) is 14.8. The molecule has 1 aromatic carbocycles. The van der Waals surface area contributed by atoms with Gasteiger partial charge in [0.2, 0.25) is 0 Å². The number of hydrogen-bond donors (Lipinski definition) is 2. The molecule has 0 amide bonds. The Morgan fingerprint density at radius 1 is 1.29 bits per heavy atom. The number of benzene rings is 1. The summed E-state index contributed by atoms with van der Waals surface area (Å²) in [6.45, 7) is 1.58. The van der Waals surface area contributed by atoms with E-state index in [2.05, 4.69) is 20.2 Å². The van der Waals surface area contributed by atoms with E-state index >= 15 is 0 Å². The summed E-state index contributed by atoms with van der Waals surface area (Å²) in [4.78, 5) is 29.3. The molecule has 0 bridgehead atoms. The molecule has 0 unspecified atom stereocenters. The highest BCUT2D eigenvalue weighted by molar-refractivity contribution is 7.99. The third-order valence-electron chi connectivity index (χ3n) is 3.07. The summed E-state index contributed by atoms with van der Waals surface area (Å²) >= 11 is 1.17. The average Bonchev–Trinajstić information content (AvgIpc) is 2.92. The summed E-state index contributed by atoms with van der Waals surface area (Å²) in [6.07, 6.45) is 1.71. The van der Waals surface area contributed by atoms with E-state index in [-0.39, 0.29) is 17.1 Å². The molecule has 6 nitrogen and oxygen atoms in total. The van der Waals surface area contributed by atoms with Crippen LogP contribution in [0.5, 0.6) is 0 Å². The number of ketones is 1. The van der Waals surface area contributed by atoms with Crippen LogP contribution in [0.25, 0.3) is 10.9 Å². The molecule has 0 fully saturated rings. The summed E-state index contributed by atoms with van der Waals surface area (Å²) in [5.74, 6) is 0.163. The van der Waals surface area contributed by atoms with E-state index in [1.54, 1.807) is 13.1 Å². The normalized spacial score (nSPS) is 10.9. The van der Waals surface area contributed by atoms with Gasteiger partial charge >= 0.3 is 0 Å². The monoisotopic (exact) mass is 300 g/mol. The predicted molar refractivity (Wildman–Crippen MR) is 80.7 cm³/mol. The molecule has 0 saturated heterocycles. The fourth-order valence-electron chi connectivity index (χ4n) is 1.96. The van der Waals surface area contributed by atoms with Crippen LogP contribution in [0.1, 0.15) is 16.1 Å². The maximum atomic E-state index is 12.3. The quantitative estimate of drug-likeness (QED) is 0.567. The largest absolute Gasteiger partial charge is 0.360 e. The van der Waals surface area contributed by atoms with Gasteiger partial charge in [0.15, 0.2) is 10.9 Å². The summed E-state index contributed by atoms with van der Waals surface area (Å²) in [6, 6.07) is 7.62. The minimum atomic E-state index is -0.285. The number of aromatic nitrogens is 4. The van der Waals surface area contributed by atoms with Crippen LogP contribution in [-0.4, -0.2) is 31.7 Å². The second-order valence-electron chi connectivity index (χ2n) is 4.50. The second kappa shape index (κ2) is 5.53. The van der Waals surface area contributed by atoms with E-state index in [0.29, 0.717) is 16.4 Å². The molecule has 7 heteroatoms. The number of carbonyl (C=O) groups excluding carboxylic acids is 1. The molecule has 21 heavy (non-hydrogen) atoms. The zero-order valence-electron chi connectivity index (χ0n) is 11.2. The first kappa shape index (κ1) is 13.6. The van der Waals surface area contributed by atoms with Crippen LogP contribution in [0.4, 0.5) is 0 Å². The van der Waals surface area contributed by atoms with Crippen molar-refractivity contribution in [2.24, 2.45) is 0 Å². The summed E-state index contributed by atoms with van der Waals surface area (Å²) in [7, 11) is 0. The van der Waals surface area contributed by atoms with Gasteiger partial charge in [-0.25, -0.2) is 0 Å². The number of nitrogens with one attached hydrogen (secondary N) is 2. The van der Waals surface area contributed by atoms with Gasteiger partial charge < -0.3 is 4.98 Å². The third kappa shape index (κ3) is 2.73. The van der Waals surface area contributed by atoms with Crippen LogP contribution in [0.3, 0.4) is 0 Å². The topological polar surface area (TPSA) is 91.5 Å². The fourth-order valence-corrected chi connectivity index (χ4v) is 2.64. The van der Waals surface area contributed by atoms with Crippen molar-refractivity contribution in [3.05, 3.63) is 52.1 Å². The molecule has 3 aromatic rings. The van der Waals surface area contributed by atoms with Crippen LogP contribution in [0.15, 0.2) is 40.4 Å². The smallest absolute Gasteiger partial charge is 0.273 e. The number of rotatable bonds is 4. The van der Waals surface area contributed by atoms with Gasteiger partial charge in [0.05, 0.1) is 5.75 Å². The lowest BCUT2D eigenvalue weighted by Gasteiger charge is -2.00. The number of aromatic amines is 2. The van der Waals surface area contributed by atoms with Gasteiger partial charge in [0.25, 0.3) is 5.56 Å². The molecule has 2 N–H and O–H groups in total. The highest BCUT2D eigenvalue weighted by Crippen LogP contribution is 2.20. The standard InChI is InChI=1S/C14H12N4O2S/c1-8-13(20)16-14(18-17-8)21-7-12(19)10-6-15-11-5-3-2-4-9(10)11/h2-6,15H,7H2,1H3,(H,16,18,20). The lowest BCUT2D eigenvalue weighted by Crippen LogP contribution is -2.14. The molecule has 0 aliphatic rings. The lowest BCUT2D eigenvalue weighted by molar-refractivity contribution is 0.102. The number of thioether (sulfide) groups is 1. The highest BCUT2D eigenvalue weighted by Gasteiger charge is 2.13. The van der Waals surface area contributed by atoms with Gasteiger partial charge in [0.1, 0.15) is 5.69 Å². The number of H-pyrrole nitrogens is 2. The molecule has 106 valence electrons. The molecule has 2 aromatic heterocycles. The number of hydrogen-bond acceptors (Lipinski definition) is 5. The van der Waals surface area contributed by atoms with Gasteiger partial charge in [-0.05, 0) is 13.0 Å². The maximum absolute atomic E-state index is 12.3. The molecule has 0 atom stereocenters. The van der Waals surface area contributed by atoms with E-state index < -0.39 is 0 Å². The third-order valence-corrected chi connectivity index (χ3v) is 3.93. The van der Waals surface area contributed by atoms with Crippen LogP contribution >= 0.6 is 11.8 Å². The molecule has 0 saturated carbocycles. The van der Waals surface area contributed by atoms with E-state index in [9.17, 15) is 9.59 Å². The van der Waals surface area contributed by atoms with Crippen molar-refractivity contribution >= 4 is 28.4 Å². The van der Waals surface area contributed by atoms with E-state index in [4.69, 9.17) is 0 Å². The first-order valence-electron chi connectivity index (χ1n) is 6.31. The Balaban J connectivity index is 1.77. The van der Waals surface area contributed by atoms with Crippen molar-refractivity contribution in [1.29, 1.82) is 0 Å². The Morgan fingerprint density at radius 3 is 2.90 bits per heavy atom. The number of aryl methyl sites for hydroxylation is 1. The summed E-state index contributed by atoms with van der Waals surface area (Å²) < 4.78 is 0. The first-order chi connectivity index (χ1) is 10.1. The van der Waals surface area contributed by atoms with Gasteiger partial charge in [-0.15, -0.1) is 10.2 Å². The molecule has 0 aliphatic heterocycles.